The third-order valence-electron chi connectivity index (χ3n) is 4.57. The summed E-state index contributed by atoms with van der Waals surface area (Å²) < 4.78 is 0.355. The smallest absolute Gasteiger partial charge is 0.294 e. The van der Waals surface area contributed by atoms with Crippen molar-refractivity contribution in [2.75, 3.05) is 19.6 Å². The number of halogens is 2. The van der Waals surface area contributed by atoms with Crippen molar-refractivity contribution in [2.45, 2.75) is 41.3 Å². The number of rotatable bonds is 7. The van der Waals surface area contributed by atoms with Gasteiger partial charge in [-0.05, 0) is 25.8 Å². The highest BCUT2D eigenvalue weighted by Crippen LogP contribution is 2.45. The fourth-order valence-corrected chi connectivity index (χ4v) is 5.91. The molecule has 0 aromatic carbocycles. The molecule has 156 valence electrons. The lowest BCUT2D eigenvalue weighted by Crippen LogP contribution is -2.44. The number of thiophene rings is 1. The van der Waals surface area contributed by atoms with Crippen LogP contribution in [-0.2, 0) is 0 Å². The molecule has 3 heterocycles. The number of amides is 1. The first-order valence-corrected chi connectivity index (χ1v) is 11.6. The SMILES string of the molecule is CCCN1CCC(NC(=O)c2cc([N+](=O)[O-])c(Sc3c(Cl)cncc3Cl)s2)CC1. The molecule has 0 saturated carbocycles. The van der Waals surface area contributed by atoms with Gasteiger partial charge < -0.3 is 10.2 Å². The van der Waals surface area contributed by atoms with E-state index >= 15 is 0 Å². The standard InChI is InChI=1S/C18H20Cl2N4O3S2/c1-2-5-23-6-3-11(4-7-23)22-17(25)15-8-14(24(26)27)18(28-15)29-16-12(19)9-21-10-13(16)20/h8-11H,2-7H2,1H3,(H,22,25). The van der Waals surface area contributed by atoms with Gasteiger partial charge in [0.25, 0.3) is 11.6 Å². The van der Waals surface area contributed by atoms with Gasteiger partial charge in [0.1, 0.15) is 9.09 Å². The second kappa shape index (κ2) is 10.1. The molecule has 1 aliphatic rings. The Morgan fingerprint density at radius 3 is 2.62 bits per heavy atom. The van der Waals surface area contributed by atoms with Crippen molar-refractivity contribution >= 4 is 57.9 Å². The zero-order valence-corrected chi connectivity index (χ0v) is 18.8. The Labute approximate surface area is 186 Å². The molecule has 1 saturated heterocycles. The number of likely N-dealkylation sites (tertiary alicyclic amines) is 1. The number of aromatic nitrogens is 1. The number of hydrogen-bond donors (Lipinski definition) is 1. The summed E-state index contributed by atoms with van der Waals surface area (Å²) in [7, 11) is 0. The Morgan fingerprint density at radius 1 is 1.38 bits per heavy atom. The van der Waals surface area contributed by atoms with Crippen LogP contribution in [0.4, 0.5) is 5.69 Å². The Kier molecular flexibility index (Phi) is 7.75. The van der Waals surface area contributed by atoms with Gasteiger partial charge in [0.15, 0.2) is 0 Å². The number of nitro groups is 1. The fraction of sp³-hybridized carbons (Fsp3) is 0.444. The second-order valence-corrected chi connectivity index (χ2v) is 9.81. The Balaban J connectivity index is 1.73. The molecule has 1 amide bonds. The number of piperidine rings is 1. The van der Waals surface area contributed by atoms with Crippen LogP contribution in [0.3, 0.4) is 0 Å². The summed E-state index contributed by atoms with van der Waals surface area (Å²) in [4.78, 5) is 30.7. The van der Waals surface area contributed by atoms with E-state index < -0.39 is 4.92 Å². The molecule has 1 fully saturated rings. The fourth-order valence-electron chi connectivity index (χ4n) is 3.14. The van der Waals surface area contributed by atoms with Crippen LogP contribution in [0, 0.1) is 10.1 Å². The van der Waals surface area contributed by atoms with E-state index in [0.717, 1.165) is 62.0 Å². The van der Waals surface area contributed by atoms with Crippen LogP contribution in [0.15, 0.2) is 27.6 Å². The summed E-state index contributed by atoms with van der Waals surface area (Å²) in [6.07, 6.45) is 5.72. The van der Waals surface area contributed by atoms with Gasteiger partial charge in [0.2, 0.25) is 0 Å². The quantitative estimate of drug-likeness (QED) is 0.442. The molecule has 1 aliphatic heterocycles. The van der Waals surface area contributed by atoms with Gasteiger partial charge >= 0.3 is 0 Å². The highest BCUT2D eigenvalue weighted by molar-refractivity contribution is 8.01. The molecule has 0 spiro atoms. The van der Waals surface area contributed by atoms with Crippen LogP contribution < -0.4 is 5.32 Å². The third-order valence-corrected chi connectivity index (χ3v) is 7.82. The van der Waals surface area contributed by atoms with Crippen LogP contribution in [0.25, 0.3) is 0 Å². The molecular weight excluding hydrogens is 455 g/mol. The van der Waals surface area contributed by atoms with E-state index in [4.69, 9.17) is 23.2 Å². The van der Waals surface area contributed by atoms with Crippen molar-refractivity contribution in [1.29, 1.82) is 0 Å². The normalized spacial score (nSPS) is 15.4. The zero-order chi connectivity index (χ0) is 21.0. The number of nitrogens with one attached hydrogen (secondary N) is 1. The van der Waals surface area contributed by atoms with Crippen molar-refractivity contribution in [1.82, 2.24) is 15.2 Å². The van der Waals surface area contributed by atoms with Gasteiger partial charge in [-0.1, -0.05) is 41.9 Å². The van der Waals surface area contributed by atoms with Crippen molar-refractivity contribution in [3.8, 4) is 0 Å². The maximum Gasteiger partial charge on any atom is 0.294 e. The van der Waals surface area contributed by atoms with Crippen molar-refractivity contribution in [3.05, 3.63) is 43.5 Å². The number of hydrogen-bond acceptors (Lipinski definition) is 7. The molecule has 0 radical (unpaired) electrons. The highest BCUT2D eigenvalue weighted by atomic mass is 35.5. The molecule has 11 heteroatoms. The molecule has 2 aromatic rings. The number of pyridine rings is 1. The number of carbonyl (C=O) groups excluding carboxylic acids is 1. The summed E-state index contributed by atoms with van der Waals surface area (Å²) in [5.41, 5.74) is -0.133. The lowest BCUT2D eigenvalue weighted by atomic mass is 10.0. The summed E-state index contributed by atoms with van der Waals surface area (Å²) in [5.74, 6) is -0.286. The van der Waals surface area contributed by atoms with Gasteiger partial charge in [-0.2, -0.15) is 0 Å². The van der Waals surface area contributed by atoms with Crippen LogP contribution >= 0.6 is 46.3 Å². The monoisotopic (exact) mass is 474 g/mol. The lowest BCUT2D eigenvalue weighted by molar-refractivity contribution is -0.387. The van der Waals surface area contributed by atoms with E-state index in [2.05, 4.69) is 22.1 Å². The van der Waals surface area contributed by atoms with Gasteiger partial charge in [-0.15, -0.1) is 11.3 Å². The van der Waals surface area contributed by atoms with E-state index in [1.165, 1.54) is 18.5 Å². The highest BCUT2D eigenvalue weighted by Gasteiger charge is 2.27. The second-order valence-electron chi connectivity index (χ2n) is 6.66. The minimum absolute atomic E-state index is 0.0805. The molecule has 0 bridgehead atoms. The Morgan fingerprint density at radius 2 is 2.03 bits per heavy atom. The molecule has 0 unspecified atom stereocenters. The van der Waals surface area contributed by atoms with Gasteiger partial charge in [-0.3, -0.25) is 19.9 Å². The van der Waals surface area contributed by atoms with Crippen LogP contribution in [0.2, 0.25) is 10.0 Å². The minimum Gasteiger partial charge on any atom is -0.349 e. The van der Waals surface area contributed by atoms with Crippen molar-refractivity contribution < 1.29 is 9.72 Å². The van der Waals surface area contributed by atoms with Crippen LogP contribution in [-0.4, -0.2) is 46.4 Å². The average Bonchev–Trinajstić information content (AvgIpc) is 3.11. The number of nitrogens with zero attached hydrogens (tertiary/aromatic N) is 3. The van der Waals surface area contributed by atoms with Crippen LogP contribution in [0.5, 0.6) is 0 Å². The molecular formula is C18H20Cl2N4O3S2. The predicted molar refractivity (Wildman–Crippen MR) is 117 cm³/mol. The molecule has 3 rings (SSSR count). The maximum absolute atomic E-state index is 12.7. The van der Waals surface area contributed by atoms with Crippen molar-refractivity contribution in [3.63, 3.8) is 0 Å². The van der Waals surface area contributed by atoms with Gasteiger partial charge in [0, 0.05) is 37.6 Å². The first-order valence-electron chi connectivity index (χ1n) is 9.17. The molecule has 0 atom stereocenters. The van der Waals surface area contributed by atoms with E-state index in [0.29, 0.717) is 24.0 Å². The molecule has 7 nitrogen and oxygen atoms in total. The summed E-state index contributed by atoms with van der Waals surface area (Å²) in [6.45, 7) is 5.12. The van der Waals surface area contributed by atoms with Gasteiger partial charge in [0.05, 0.1) is 19.9 Å². The summed E-state index contributed by atoms with van der Waals surface area (Å²) in [6, 6.07) is 1.40. The van der Waals surface area contributed by atoms with E-state index in [-0.39, 0.29) is 17.6 Å². The largest absolute Gasteiger partial charge is 0.349 e. The van der Waals surface area contributed by atoms with E-state index in [9.17, 15) is 14.9 Å². The van der Waals surface area contributed by atoms with Crippen LogP contribution in [0.1, 0.15) is 35.9 Å². The molecule has 29 heavy (non-hydrogen) atoms. The lowest BCUT2D eigenvalue weighted by Gasteiger charge is -2.31. The first-order chi connectivity index (χ1) is 13.9. The Hall–Kier alpha value is -1.39. The number of carbonyl (C=O) groups is 1. The first kappa shape index (κ1) is 22.3. The predicted octanol–water partition coefficient (Wildman–Crippen LogP) is 5.11. The molecule has 2 aromatic heterocycles. The molecule has 0 aliphatic carbocycles. The van der Waals surface area contributed by atoms with Gasteiger partial charge in [-0.25, -0.2) is 0 Å². The van der Waals surface area contributed by atoms with Crippen molar-refractivity contribution in [2.24, 2.45) is 0 Å². The third kappa shape index (κ3) is 5.61. The zero-order valence-electron chi connectivity index (χ0n) is 15.7. The maximum atomic E-state index is 12.7. The molecule has 1 N–H and O–H groups in total. The average molecular weight is 475 g/mol. The summed E-state index contributed by atoms with van der Waals surface area (Å²) >= 11 is 14.4. The summed E-state index contributed by atoms with van der Waals surface area (Å²) in [5, 5.41) is 15.1. The van der Waals surface area contributed by atoms with E-state index in [1.807, 2.05) is 0 Å². The Bertz CT molecular complexity index is 881. The van der Waals surface area contributed by atoms with E-state index in [1.54, 1.807) is 0 Å². The topological polar surface area (TPSA) is 88.4 Å². The minimum atomic E-state index is -0.498.